The number of anilines is 1. The standard InChI is InChI=1S/C21H27N5O4/c1-13(17(27)16-18(22)24(2)21(30)25(3)20(16)29)26-11-9-15(10-12-26)23-19(28)14-7-5-4-6-8-14/h4-8,13,15H,9-12,22H2,1-3H3,(H,23,28). The fourth-order valence-corrected chi connectivity index (χ4v) is 3.76. The zero-order chi connectivity index (χ0) is 22.0. The molecule has 9 heteroatoms. The second-order valence-corrected chi connectivity index (χ2v) is 7.66. The van der Waals surface area contributed by atoms with E-state index in [1.807, 2.05) is 23.1 Å². The SMILES string of the molecule is CC(C(=O)c1c(N)n(C)c(=O)n(C)c1=O)N1CCC(NC(=O)c2ccccc2)CC1. The van der Waals surface area contributed by atoms with Crippen molar-refractivity contribution in [1.82, 2.24) is 19.4 Å². The predicted octanol–water partition coefficient (Wildman–Crippen LogP) is 0.132. The van der Waals surface area contributed by atoms with Crippen LogP contribution in [-0.2, 0) is 14.1 Å². The molecule has 0 radical (unpaired) electrons. The molecule has 1 aliphatic rings. The van der Waals surface area contributed by atoms with E-state index in [2.05, 4.69) is 5.32 Å². The second-order valence-electron chi connectivity index (χ2n) is 7.66. The van der Waals surface area contributed by atoms with Crippen molar-refractivity contribution in [2.45, 2.75) is 31.8 Å². The second kappa shape index (κ2) is 8.66. The lowest BCUT2D eigenvalue weighted by Crippen LogP contribution is -2.51. The maximum absolute atomic E-state index is 13.0. The molecule has 1 aromatic carbocycles. The molecule has 160 valence electrons. The molecule has 30 heavy (non-hydrogen) atoms. The first kappa shape index (κ1) is 21.5. The highest BCUT2D eigenvalue weighted by molar-refractivity contribution is 6.03. The summed E-state index contributed by atoms with van der Waals surface area (Å²) in [6, 6.07) is 8.49. The number of likely N-dealkylation sites (tertiary alicyclic amines) is 1. The van der Waals surface area contributed by atoms with E-state index in [0.717, 1.165) is 9.13 Å². The highest BCUT2D eigenvalue weighted by Crippen LogP contribution is 2.17. The molecule has 2 aromatic rings. The molecule has 1 fully saturated rings. The lowest BCUT2D eigenvalue weighted by atomic mass is 9.99. The molecule has 1 aromatic heterocycles. The summed E-state index contributed by atoms with van der Waals surface area (Å²) in [5.41, 5.74) is 5.12. The number of amides is 1. The van der Waals surface area contributed by atoms with Gasteiger partial charge in [0, 0.05) is 38.8 Å². The van der Waals surface area contributed by atoms with E-state index in [1.165, 1.54) is 14.1 Å². The van der Waals surface area contributed by atoms with Gasteiger partial charge in [-0.2, -0.15) is 0 Å². The highest BCUT2D eigenvalue weighted by atomic mass is 16.2. The van der Waals surface area contributed by atoms with Crippen LogP contribution in [0.5, 0.6) is 0 Å². The fraction of sp³-hybridized carbons (Fsp3) is 0.429. The van der Waals surface area contributed by atoms with Crippen LogP contribution in [0.2, 0.25) is 0 Å². The van der Waals surface area contributed by atoms with Gasteiger partial charge in [0.1, 0.15) is 11.4 Å². The van der Waals surface area contributed by atoms with E-state index in [1.54, 1.807) is 19.1 Å². The molecule has 0 aliphatic carbocycles. The Morgan fingerprint density at radius 1 is 1.07 bits per heavy atom. The van der Waals surface area contributed by atoms with Crippen LogP contribution < -0.4 is 22.3 Å². The largest absolute Gasteiger partial charge is 0.384 e. The van der Waals surface area contributed by atoms with Gasteiger partial charge in [0.25, 0.3) is 11.5 Å². The summed E-state index contributed by atoms with van der Waals surface area (Å²) in [5, 5.41) is 3.03. The predicted molar refractivity (Wildman–Crippen MR) is 114 cm³/mol. The number of carbonyl (C=O) groups excluding carboxylic acids is 2. The summed E-state index contributed by atoms with van der Waals surface area (Å²) in [4.78, 5) is 51.8. The van der Waals surface area contributed by atoms with E-state index in [9.17, 15) is 19.2 Å². The number of carbonyl (C=O) groups is 2. The number of ketones is 1. The number of benzene rings is 1. The van der Waals surface area contributed by atoms with Crippen LogP contribution in [0, 0.1) is 0 Å². The number of rotatable bonds is 5. The Morgan fingerprint density at radius 2 is 1.67 bits per heavy atom. The molecule has 1 saturated heterocycles. The summed E-state index contributed by atoms with van der Waals surface area (Å²) < 4.78 is 1.99. The normalized spacial score (nSPS) is 16.2. The number of hydrogen-bond donors (Lipinski definition) is 2. The van der Waals surface area contributed by atoms with Crippen LogP contribution in [0.4, 0.5) is 5.82 Å². The summed E-state index contributed by atoms with van der Waals surface area (Å²) in [7, 11) is 2.76. The number of aromatic nitrogens is 2. The Bertz CT molecular complexity index is 1070. The van der Waals surface area contributed by atoms with Crippen molar-refractivity contribution >= 4 is 17.5 Å². The zero-order valence-corrected chi connectivity index (χ0v) is 17.4. The van der Waals surface area contributed by atoms with Gasteiger partial charge in [0.15, 0.2) is 5.78 Å². The van der Waals surface area contributed by atoms with Crippen LogP contribution in [0.3, 0.4) is 0 Å². The van der Waals surface area contributed by atoms with Crippen LogP contribution >= 0.6 is 0 Å². The van der Waals surface area contributed by atoms with Gasteiger partial charge >= 0.3 is 5.69 Å². The van der Waals surface area contributed by atoms with Gasteiger partial charge in [-0.3, -0.25) is 28.4 Å². The number of nitrogens with zero attached hydrogens (tertiary/aromatic N) is 3. The van der Waals surface area contributed by atoms with Crippen molar-refractivity contribution < 1.29 is 9.59 Å². The summed E-state index contributed by atoms with van der Waals surface area (Å²) >= 11 is 0. The van der Waals surface area contributed by atoms with Gasteiger partial charge < -0.3 is 11.1 Å². The number of nitrogens with one attached hydrogen (secondary N) is 1. The summed E-state index contributed by atoms with van der Waals surface area (Å²) in [6.07, 6.45) is 1.38. The van der Waals surface area contributed by atoms with Crippen molar-refractivity contribution in [2.75, 3.05) is 18.8 Å². The molecule has 1 aliphatic heterocycles. The lowest BCUT2D eigenvalue weighted by Gasteiger charge is -2.35. The molecule has 1 unspecified atom stereocenters. The molecule has 0 spiro atoms. The summed E-state index contributed by atoms with van der Waals surface area (Å²) in [5.74, 6) is -0.639. The van der Waals surface area contributed by atoms with Crippen molar-refractivity contribution in [1.29, 1.82) is 0 Å². The molecule has 1 amide bonds. The van der Waals surface area contributed by atoms with Gasteiger partial charge in [0.05, 0.1) is 6.04 Å². The van der Waals surface area contributed by atoms with Gasteiger partial charge in [0.2, 0.25) is 0 Å². The molecule has 3 rings (SSSR count). The van der Waals surface area contributed by atoms with Gasteiger partial charge in [-0.15, -0.1) is 0 Å². The summed E-state index contributed by atoms with van der Waals surface area (Å²) in [6.45, 7) is 2.92. The quantitative estimate of drug-likeness (QED) is 0.673. The Hall–Kier alpha value is -3.20. The first-order valence-corrected chi connectivity index (χ1v) is 9.92. The van der Waals surface area contributed by atoms with E-state index < -0.39 is 23.1 Å². The highest BCUT2D eigenvalue weighted by Gasteiger charge is 2.31. The average Bonchev–Trinajstić information content (AvgIpc) is 2.77. The van der Waals surface area contributed by atoms with Crippen molar-refractivity contribution in [2.24, 2.45) is 14.1 Å². The smallest absolute Gasteiger partial charge is 0.332 e. The third-order valence-electron chi connectivity index (χ3n) is 5.78. The Kier molecular flexibility index (Phi) is 6.21. The molecular formula is C21H27N5O4. The van der Waals surface area contributed by atoms with Gasteiger partial charge in [-0.25, -0.2) is 4.79 Å². The third-order valence-corrected chi connectivity index (χ3v) is 5.78. The van der Waals surface area contributed by atoms with Crippen LogP contribution in [0.15, 0.2) is 39.9 Å². The fourth-order valence-electron chi connectivity index (χ4n) is 3.76. The minimum Gasteiger partial charge on any atom is -0.384 e. The van der Waals surface area contributed by atoms with E-state index in [-0.39, 0.29) is 23.3 Å². The Morgan fingerprint density at radius 3 is 2.27 bits per heavy atom. The maximum atomic E-state index is 13.0. The van der Waals surface area contributed by atoms with Crippen molar-refractivity contribution in [3.63, 3.8) is 0 Å². The van der Waals surface area contributed by atoms with E-state index in [0.29, 0.717) is 31.5 Å². The Labute approximate surface area is 174 Å². The molecule has 0 saturated carbocycles. The number of nitrogens with two attached hydrogens (primary N) is 1. The molecule has 0 bridgehead atoms. The maximum Gasteiger partial charge on any atom is 0.332 e. The minimum absolute atomic E-state index is 0.0201. The van der Waals surface area contributed by atoms with Crippen LogP contribution in [0.1, 0.15) is 40.5 Å². The molecule has 1 atom stereocenters. The number of piperidine rings is 1. The first-order valence-electron chi connectivity index (χ1n) is 9.92. The lowest BCUT2D eigenvalue weighted by molar-refractivity contribution is 0.0760. The van der Waals surface area contributed by atoms with E-state index in [4.69, 9.17) is 5.73 Å². The van der Waals surface area contributed by atoms with Crippen LogP contribution in [-0.4, -0.2) is 50.9 Å². The number of Topliss-reactive ketones (excluding diaryl/α,β-unsaturated/α-hetero) is 1. The third kappa shape index (κ3) is 4.06. The van der Waals surface area contributed by atoms with Gasteiger partial charge in [-0.1, -0.05) is 18.2 Å². The monoisotopic (exact) mass is 413 g/mol. The molecule has 2 heterocycles. The molecular weight excluding hydrogens is 386 g/mol. The molecule has 9 nitrogen and oxygen atoms in total. The van der Waals surface area contributed by atoms with Crippen molar-refractivity contribution in [3.8, 4) is 0 Å². The molecule has 3 N–H and O–H groups in total. The van der Waals surface area contributed by atoms with Crippen molar-refractivity contribution in [3.05, 3.63) is 62.3 Å². The van der Waals surface area contributed by atoms with Crippen LogP contribution in [0.25, 0.3) is 0 Å². The first-order chi connectivity index (χ1) is 14.2. The van der Waals surface area contributed by atoms with E-state index >= 15 is 0 Å². The average molecular weight is 413 g/mol. The number of hydrogen-bond acceptors (Lipinski definition) is 6. The Balaban J connectivity index is 1.67. The number of nitrogen functional groups attached to an aromatic ring is 1. The zero-order valence-electron chi connectivity index (χ0n) is 17.4. The van der Waals surface area contributed by atoms with Gasteiger partial charge in [-0.05, 0) is 31.9 Å². The topological polar surface area (TPSA) is 119 Å². The minimum atomic E-state index is -0.683.